The Morgan fingerprint density at radius 3 is 2.41 bits per heavy atom. The first-order valence-corrected chi connectivity index (χ1v) is 6.04. The largest absolute Gasteiger partial charge is 0.481 e. The Balaban J connectivity index is 2.58. The SMILES string of the molecule is CCC[C@@](O)(CCc1ccccc1)CC(=O)O. The predicted octanol–water partition coefficient (Wildman–Crippen LogP) is 2.63. The summed E-state index contributed by atoms with van der Waals surface area (Å²) in [6.45, 7) is 1.95. The molecule has 94 valence electrons. The van der Waals surface area contributed by atoms with Crippen molar-refractivity contribution in [2.75, 3.05) is 0 Å². The average Bonchev–Trinajstić information content (AvgIpc) is 2.27. The summed E-state index contributed by atoms with van der Waals surface area (Å²) in [7, 11) is 0. The molecule has 0 heterocycles. The molecule has 1 atom stereocenters. The van der Waals surface area contributed by atoms with Crippen molar-refractivity contribution in [1.29, 1.82) is 0 Å². The molecule has 0 fully saturated rings. The van der Waals surface area contributed by atoms with Crippen LogP contribution in [0.25, 0.3) is 0 Å². The molecular formula is C14H20O3. The van der Waals surface area contributed by atoms with E-state index in [1.807, 2.05) is 37.3 Å². The summed E-state index contributed by atoms with van der Waals surface area (Å²) in [6.07, 6.45) is 2.36. The van der Waals surface area contributed by atoms with E-state index in [-0.39, 0.29) is 6.42 Å². The highest BCUT2D eigenvalue weighted by atomic mass is 16.4. The highest BCUT2D eigenvalue weighted by Gasteiger charge is 2.28. The number of hydrogen-bond donors (Lipinski definition) is 2. The summed E-state index contributed by atoms with van der Waals surface area (Å²) in [5.74, 6) is -0.936. The number of aliphatic hydroxyl groups is 1. The standard InChI is InChI=1S/C14H20O3/c1-2-9-14(17,11-13(15)16)10-8-12-6-4-3-5-7-12/h3-7,17H,2,8-11H2,1H3,(H,15,16)/t14-/m1/s1. The van der Waals surface area contributed by atoms with Crippen LogP contribution in [0.4, 0.5) is 0 Å². The summed E-state index contributed by atoms with van der Waals surface area (Å²) >= 11 is 0. The van der Waals surface area contributed by atoms with Gasteiger partial charge in [-0.15, -0.1) is 0 Å². The molecule has 3 nitrogen and oxygen atoms in total. The van der Waals surface area contributed by atoms with Crippen molar-refractivity contribution in [3.05, 3.63) is 35.9 Å². The lowest BCUT2D eigenvalue weighted by molar-refractivity contribution is -0.143. The van der Waals surface area contributed by atoms with Crippen molar-refractivity contribution < 1.29 is 15.0 Å². The summed E-state index contributed by atoms with van der Waals surface area (Å²) in [5, 5.41) is 19.1. The number of benzene rings is 1. The molecule has 3 heteroatoms. The third kappa shape index (κ3) is 5.00. The van der Waals surface area contributed by atoms with E-state index < -0.39 is 11.6 Å². The van der Waals surface area contributed by atoms with E-state index in [0.29, 0.717) is 19.3 Å². The molecule has 0 aliphatic carbocycles. The second-order valence-electron chi connectivity index (χ2n) is 4.53. The fourth-order valence-corrected chi connectivity index (χ4v) is 2.07. The van der Waals surface area contributed by atoms with Gasteiger partial charge in [0.1, 0.15) is 0 Å². The maximum Gasteiger partial charge on any atom is 0.306 e. The minimum absolute atomic E-state index is 0.173. The molecule has 0 bridgehead atoms. The maximum absolute atomic E-state index is 10.7. The van der Waals surface area contributed by atoms with Gasteiger partial charge < -0.3 is 10.2 Å². The van der Waals surface area contributed by atoms with Gasteiger partial charge in [-0.1, -0.05) is 43.7 Å². The van der Waals surface area contributed by atoms with Gasteiger partial charge in [-0.05, 0) is 24.8 Å². The Morgan fingerprint density at radius 1 is 1.24 bits per heavy atom. The van der Waals surface area contributed by atoms with Crippen molar-refractivity contribution in [2.24, 2.45) is 0 Å². The van der Waals surface area contributed by atoms with Crippen LogP contribution in [0.1, 0.15) is 38.2 Å². The molecule has 0 spiro atoms. The Kier molecular flexibility index (Phi) is 5.16. The van der Waals surface area contributed by atoms with Crippen molar-refractivity contribution >= 4 is 5.97 Å². The molecule has 1 rings (SSSR count). The molecule has 0 aliphatic rings. The molecule has 0 aromatic heterocycles. The number of carboxylic acid groups (broad SMARTS) is 1. The fraction of sp³-hybridized carbons (Fsp3) is 0.500. The van der Waals surface area contributed by atoms with Gasteiger partial charge in [0, 0.05) is 0 Å². The van der Waals surface area contributed by atoms with E-state index in [2.05, 4.69) is 0 Å². The topological polar surface area (TPSA) is 57.5 Å². The first kappa shape index (κ1) is 13.7. The van der Waals surface area contributed by atoms with E-state index in [4.69, 9.17) is 5.11 Å². The third-order valence-corrected chi connectivity index (χ3v) is 2.92. The van der Waals surface area contributed by atoms with Gasteiger partial charge in [0.05, 0.1) is 12.0 Å². The van der Waals surface area contributed by atoms with Crippen molar-refractivity contribution in [2.45, 2.75) is 44.6 Å². The predicted molar refractivity (Wildman–Crippen MR) is 66.9 cm³/mol. The van der Waals surface area contributed by atoms with Crippen LogP contribution in [0, 0.1) is 0 Å². The van der Waals surface area contributed by atoms with E-state index >= 15 is 0 Å². The minimum atomic E-state index is -1.07. The van der Waals surface area contributed by atoms with Gasteiger partial charge in [-0.3, -0.25) is 4.79 Å². The first-order chi connectivity index (χ1) is 8.06. The van der Waals surface area contributed by atoms with E-state index in [0.717, 1.165) is 12.0 Å². The van der Waals surface area contributed by atoms with Crippen LogP contribution in [-0.4, -0.2) is 21.8 Å². The molecule has 0 aliphatic heterocycles. The normalized spacial score (nSPS) is 14.2. The molecule has 1 aromatic rings. The number of hydrogen-bond acceptors (Lipinski definition) is 2. The van der Waals surface area contributed by atoms with E-state index in [1.165, 1.54) is 0 Å². The van der Waals surface area contributed by atoms with Crippen LogP contribution in [0.3, 0.4) is 0 Å². The zero-order valence-electron chi connectivity index (χ0n) is 10.2. The molecule has 0 saturated heterocycles. The molecule has 17 heavy (non-hydrogen) atoms. The number of carboxylic acids is 1. The van der Waals surface area contributed by atoms with Crippen LogP contribution < -0.4 is 0 Å². The Labute approximate surface area is 102 Å². The van der Waals surface area contributed by atoms with Crippen LogP contribution in [0.2, 0.25) is 0 Å². The van der Waals surface area contributed by atoms with Gasteiger partial charge >= 0.3 is 5.97 Å². The average molecular weight is 236 g/mol. The van der Waals surface area contributed by atoms with Gasteiger partial charge in [0.25, 0.3) is 0 Å². The summed E-state index contributed by atoms with van der Waals surface area (Å²) in [6, 6.07) is 9.83. The van der Waals surface area contributed by atoms with Gasteiger partial charge in [-0.2, -0.15) is 0 Å². The van der Waals surface area contributed by atoms with Crippen LogP contribution >= 0.6 is 0 Å². The Hall–Kier alpha value is -1.35. The third-order valence-electron chi connectivity index (χ3n) is 2.92. The lowest BCUT2D eigenvalue weighted by atomic mass is 9.87. The molecular weight excluding hydrogens is 216 g/mol. The summed E-state index contributed by atoms with van der Waals surface area (Å²) in [4.78, 5) is 10.7. The molecule has 2 N–H and O–H groups in total. The molecule has 0 amide bonds. The Bertz CT molecular complexity index is 348. The van der Waals surface area contributed by atoms with Gasteiger partial charge in [-0.25, -0.2) is 0 Å². The Morgan fingerprint density at radius 2 is 1.88 bits per heavy atom. The van der Waals surface area contributed by atoms with Crippen molar-refractivity contribution in [3.63, 3.8) is 0 Å². The van der Waals surface area contributed by atoms with Crippen LogP contribution in [0.15, 0.2) is 30.3 Å². The van der Waals surface area contributed by atoms with Crippen LogP contribution in [0.5, 0.6) is 0 Å². The minimum Gasteiger partial charge on any atom is -0.481 e. The number of carbonyl (C=O) groups is 1. The number of aryl methyl sites for hydroxylation is 1. The van der Waals surface area contributed by atoms with Crippen LogP contribution in [-0.2, 0) is 11.2 Å². The number of aliphatic carboxylic acids is 1. The maximum atomic E-state index is 10.7. The summed E-state index contributed by atoms with van der Waals surface area (Å²) in [5.41, 5.74) is 0.0589. The molecule has 1 aromatic carbocycles. The number of rotatable bonds is 7. The lowest BCUT2D eigenvalue weighted by Crippen LogP contribution is -2.32. The van der Waals surface area contributed by atoms with Crippen molar-refractivity contribution in [3.8, 4) is 0 Å². The van der Waals surface area contributed by atoms with Gasteiger partial charge in [0.2, 0.25) is 0 Å². The molecule has 0 radical (unpaired) electrons. The quantitative estimate of drug-likeness (QED) is 0.765. The zero-order valence-corrected chi connectivity index (χ0v) is 10.2. The second-order valence-corrected chi connectivity index (χ2v) is 4.53. The summed E-state index contributed by atoms with van der Waals surface area (Å²) < 4.78 is 0. The highest BCUT2D eigenvalue weighted by molar-refractivity contribution is 5.68. The molecule has 0 saturated carbocycles. The van der Waals surface area contributed by atoms with E-state index in [9.17, 15) is 9.90 Å². The zero-order chi connectivity index (χ0) is 12.7. The van der Waals surface area contributed by atoms with Gasteiger partial charge in [0.15, 0.2) is 0 Å². The lowest BCUT2D eigenvalue weighted by Gasteiger charge is -2.26. The highest BCUT2D eigenvalue weighted by Crippen LogP contribution is 2.24. The van der Waals surface area contributed by atoms with Crippen molar-refractivity contribution in [1.82, 2.24) is 0 Å². The van der Waals surface area contributed by atoms with E-state index in [1.54, 1.807) is 0 Å². The first-order valence-electron chi connectivity index (χ1n) is 6.04. The molecule has 0 unspecified atom stereocenters. The fourth-order valence-electron chi connectivity index (χ4n) is 2.07. The smallest absolute Gasteiger partial charge is 0.306 e. The second kappa shape index (κ2) is 6.40. The monoisotopic (exact) mass is 236 g/mol.